The van der Waals surface area contributed by atoms with Gasteiger partial charge in [-0.15, -0.1) is 0 Å². The number of carbonyl (C=O) groups is 1. The topological polar surface area (TPSA) is 98.5 Å². The minimum absolute atomic E-state index is 0.129. The van der Waals surface area contributed by atoms with E-state index in [0.29, 0.717) is 0 Å². The summed E-state index contributed by atoms with van der Waals surface area (Å²) in [6, 6.07) is 12.6. The van der Waals surface area contributed by atoms with Crippen molar-refractivity contribution in [2.75, 3.05) is 6.54 Å². The molecule has 2 aromatic carbocycles. The minimum Gasteiger partial charge on any atom is -0.445 e. The highest BCUT2D eigenvalue weighted by molar-refractivity contribution is 7.89. The van der Waals surface area contributed by atoms with E-state index in [-0.39, 0.29) is 23.6 Å². The number of nitrogens with two attached hydrogens (primary N) is 1. The van der Waals surface area contributed by atoms with E-state index in [9.17, 15) is 17.6 Å². The highest BCUT2D eigenvalue weighted by Gasteiger charge is 2.10. The lowest BCUT2D eigenvalue weighted by Crippen LogP contribution is -2.24. The SMILES string of the molecule is NS(=O)(=O)c1ccc(C=CCNC(=O)OCc2ccccc2)c(F)c1. The average molecular weight is 364 g/mol. The second kappa shape index (κ2) is 8.41. The van der Waals surface area contributed by atoms with Crippen LogP contribution in [0.5, 0.6) is 0 Å². The molecule has 0 radical (unpaired) electrons. The number of sulfonamides is 1. The summed E-state index contributed by atoms with van der Waals surface area (Å²) >= 11 is 0. The normalized spacial score (nSPS) is 11.4. The first-order valence-corrected chi connectivity index (χ1v) is 8.84. The van der Waals surface area contributed by atoms with Gasteiger partial charge < -0.3 is 10.1 Å². The quantitative estimate of drug-likeness (QED) is 0.822. The fraction of sp³-hybridized carbons (Fsp3) is 0.118. The second-order valence-corrected chi connectivity index (χ2v) is 6.63. The molecule has 0 aliphatic carbocycles. The Morgan fingerprint density at radius 1 is 1.20 bits per heavy atom. The first-order valence-electron chi connectivity index (χ1n) is 7.30. The average Bonchev–Trinajstić information content (AvgIpc) is 2.58. The van der Waals surface area contributed by atoms with Crippen LogP contribution >= 0.6 is 0 Å². The van der Waals surface area contributed by atoms with Crippen molar-refractivity contribution in [3.05, 3.63) is 71.6 Å². The summed E-state index contributed by atoms with van der Waals surface area (Å²) in [5, 5.41) is 7.42. The van der Waals surface area contributed by atoms with Crippen LogP contribution in [0.4, 0.5) is 9.18 Å². The van der Waals surface area contributed by atoms with E-state index in [1.54, 1.807) is 0 Å². The molecule has 6 nitrogen and oxygen atoms in total. The molecule has 0 spiro atoms. The zero-order valence-electron chi connectivity index (χ0n) is 13.2. The van der Waals surface area contributed by atoms with Gasteiger partial charge in [0.2, 0.25) is 10.0 Å². The van der Waals surface area contributed by atoms with Gasteiger partial charge in [0.1, 0.15) is 12.4 Å². The van der Waals surface area contributed by atoms with Crippen molar-refractivity contribution in [1.29, 1.82) is 0 Å². The van der Waals surface area contributed by atoms with Gasteiger partial charge in [0, 0.05) is 12.1 Å². The fourth-order valence-corrected chi connectivity index (χ4v) is 2.45. The maximum absolute atomic E-state index is 13.8. The summed E-state index contributed by atoms with van der Waals surface area (Å²) in [6.45, 7) is 0.282. The summed E-state index contributed by atoms with van der Waals surface area (Å²) < 4.78 is 41.1. The van der Waals surface area contributed by atoms with Crippen LogP contribution in [0.3, 0.4) is 0 Å². The smallest absolute Gasteiger partial charge is 0.407 e. The van der Waals surface area contributed by atoms with Crippen LogP contribution in [0.1, 0.15) is 11.1 Å². The number of hydrogen-bond donors (Lipinski definition) is 2. The zero-order chi connectivity index (χ0) is 18.3. The van der Waals surface area contributed by atoms with Gasteiger partial charge in [-0.05, 0) is 17.7 Å². The molecule has 0 atom stereocenters. The Kier molecular flexibility index (Phi) is 6.26. The molecule has 0 fully saturated rings. The number of carbonyl (C=O) groups excluding carboxylic acids is 1. The van der Waals surface area contributed by atoms with Crippen LogP contribution in [0.25, 0.3) is 6.08 Å². The number of alkyl carbamates (subject to hydrolysis) is 1. The monoisotopic (exact) mass is 364 g/mol. The van der Waals surface area contributed by atoms with E-state index in [0.717, 1.165) is 11.6 Å². The number of ether oxygens (including phenoxy) is 1. The third-order valence-corrected chi connectivity index (χ3v) is 4.09. The second-order valence-electron chi connectivity index (χ2n) is 5.07. The fourth-order valence-electron chi connectivity index (χ4n) is 1.92. The van der Waals surface area contributed by atoms with Gasteiger partial charge in [-0.3, -0.25) is 0 Å². The number of rotatable bonds is 6. The largest absolute Gasteiger partial charge is 0.445 e. The van der Waals surface area contributed by atoms with Crippen LogP contribution in [-0.4, -0.2) is 21.1 Å². The van der Waals surface area contributed by atoms with Crippen LogP contribution in [0, 0.1) is 5.82 Å². The molecular formula is C17H17FN2O4S. The van der Waals surface area contributed by atoms with E-state index >= 15 is 0 Å². The standard InChI is InChI=1S/C17H17FN2O4S/c18-16-11-15(25(19,22)23)9-8-14(16)7-4-10-20-17(21)24-12-13-5-2-1-3-6-13/h1-9,11H,10,12H2,(H,20,21)(H2,19,22,23). The molecular weight excluding hydrogens is 347 g/mol. The lowest BCUT2D eigenvalue weighted by atomic mass is 10.2. The molecule has 0 aliphatic heterocycles. The molecule has 0 aliphatic rings. The molecule has 0 saturated carbocycles. The Balaban J connectivity index is 1.82. The molecule has 0 heterocycles. The van der Waals surface area contributed by atoms with Crippen LogP contribution < -0.4 is 10.5 Å². The Labute approximate surface area is 145 Å². The van der Waals surface area contributed by atoms with Crippen LogP contribution in [-0.2, 0) is 21.4 Å². The molecule has 0 unspecified atom stereocenters. The van der Waals surface area contributed by atoms with E-state index in [4.69, 9.17) is 9.88 Å². The van der Waals surface area contributed by atoms with Crippen molar-refractivity contribution in [1.82, 2.24) is 5.32 Å². The Morgan fingerprint density at radius 3 is 2.56 bits per heavy atom. The Bertz CT molecular complexity index is 867. The van der Waals surface area contributed by atoms with E-state index in [1.165, 1.54) is 24.3 Å². The number of nitrogens with one attached hydrogen (secondary N) is 1. The van der Waals surface area contributed by atoms with Gasteiger partial charge in [-0.2, -0.15) is 0 Å². The van der Waals surface area contributed by atoms with Gasteiger partial charge in [0.25, 0.3) is 0 Å². The third kappa shape index (κ3) is 6.02. The number of hydrogen-bond acceptors (Lipinski definition) is 4. The van der Waals surface area contributed by atoms with Crippen molar-refractivity contribution in [2.45, 2.75) is 11.5 Å². The van der Waals surface area contributed by atoms with Crippen molar-refractivity contribution in [2.24, 2.45) is 5.14 Å². The minimum atomic E-state index is -3.95. The molecule has 132 valence electrons. The van der Waals surface area contributed by atoms with E-state index < -0.39 is 21.9 Å². The molecule has 25 heavy (non-hydrogen) atoms. The van der Waals surface area contributed by atoms with E-state index in [1.807, 2.05) is 30.3 Å². The van der Waals surface area contributed by atoms with Crippen LogP contribution in [0.2, 0.25) is 0 Å². The molecule has 1 amide bonds. The first kappa shape index (κ1) is 18.6. The van der Waals surface area contributed by atoms with Gasteiger partial charge in [0.05, 0.1) is 4.90 Å². The van der Waals surface area contributed by atoms with Crippen LogP contribution in [0.15, 0.2) is 59.5 Å². The highest BCUT2D eigenvalue weighted by atomic mass is 32.2. The molecule has 0 aromatic heterocycles. The van der Waals surface area contributed by atoms with E-state index in [2.05, 4.69) is 5.32 Å². The van der Waals surface area contributed by atoms with Crippen molar-refractivity contribution >= 4 is 22.2 Å². The first-order chi connectivity index (χ1) is 11.9. The molecule has 8 heteroatoms. The lowest BCUT2D eigenvalue weighted by Gasteiger charge is -2.05. The lowest BCUT2D eigenvalue weighted by molar-refractivity contribution is 0.141. The molecule has 2 rings (SSSR count). The summed E-state index contributed by atoms with van der Waals surface area (Å²) in [7, 11) is -3.95. The third-order valence-electron chi connectivity index (χ3n) is 3.17. The van der Waals surface area contributed by atoms with Crippen molar-refractivity contribution in [3.63, 3.8) is 0 Å². The van der Waals surface area contributed by atoms with Gasteiger partial charge in [-0.1, -0.05) is 48.6 Å². The highest BCUT2D eigenvalue weighted by Crippen LogP contribution is 2.14. The summed E-state index contributed by atoms with van der Waals surface area (Å²) in [5.74, 6) is -0.727. The van der Waals surface area contributed by atoms with Gasteiger partial charge in [0.15, 0.2) is 0 Å². The summed E-state index contributed by atoms with van der Waals surface area (Å²) in [4.78, 5) is 11.2. The number of amides is 1. The van der Waals surface area contributed by atoms with Crippen molar-refractivity contribution in [3.8, 4) is 0 Å². The molecule has 0 bridgehead atoms. The Hall–Kier alpha value is -2.71. The van der Waals surface area contributed by atoms with Gasteiger partial charge in [-0.25, -0.2) is 22.7 Å². The molecule has 0 saturated heterocycles. The number of primary sulfonamides is 1. The Morgan fingerprint density at radius 2 is 1.92 bits per heavy atom. The maximum Gasteiger partial charge on any atom is 0.407 e. The van der Waals surface area contributed by atoms with Crippen molar-refractivity contribution < 1.29 is 22.3 Å². The molecule has 2 aromatic rings. The molecule has 3 N–H and O–H groups in total. The summed E-state index contributed by atoms with van der Waals surface area (Å²) in [6.07, 6.45) is 2.33. The number of benzene rings is 2. The number of halogens is 1. The summed E-state index contributed by atoms with van der Waals surface area (Å²) in [5.41, 5.74) is 1.04. The van der Waals surface area contributed by atoms with Gasteiger partial charge >= 0.3 is 6.09 Å². The predicted molar refractivity (Wildman–Crippen MR) is 91.4 cm³/mol. The zero-order valence-corrected chi connectivity index (χ0v) is 14.0. The predicted octanol–water partition coefficient (Wildman–Crippen LogP) is 2.41. The maximum atomic E-state index is 13.8.